The van der Waals surface area contributed by atoms with Crippen molar-refractivity contribution in [3.63, 3.8) is 0 Å². The largest absolute Gasteiger partial charge is 0.508 e. The van der Waals surface area contributed by atoms with E-state index in [1.54, 1.807) is 19.1 Å². The molecule has 3 N–H and O–H groups in total. The van der Waals surface area contributed by atoms with Crippen molar-refractivity contribution in [3.05, 3.63) is 82.1 Å². The number of hydrogen-bond donors (Lipinski definition) is 3. The molecule has 1 atom stereocenters. The lowest BCUT2D eigenvalue weighted by molar-refractivity contribution is 0.0600. The van der Waals surface area contributed by atoms with Crippen molar-refractivity contribution in [2.75, 3.05) is 7.11 Å². The Balaban J connectivity index is 2.59. The van der Waals surface area contributed by atoms with E-state index in [0.717, 1.165) is 24.3 Å². The van der Waals surface area contributed by atoms with Crippen LogP contribution in [-0.2, 0) is 4.74 Å². The molecule has 0 aliphatic carbocycles. The summed E-state index contributed by atoms with van der Waals surface area (Å²) in [6, 6.07) is 6.43. The predicted octanol–water partition coefficient (Wildman–Crippen LogP) is 4.78. The number of carbonyl (C=O) groups is 1. The lowest BCUT2D eigenvalue weighted by atomic mass is 9.84. The lowest BCUT2D eigenvalue weighted by Gasteiger charge is -2.21. The van der Waals surface area contributed by atoms with Gasteiger partial charge in [0.2, 0.25) is 0 Å². The molecule has 2 aromatic rings. The SMILES string of the molecule is C#C/C=C(O)\C(F)=C/CC(c1ccc(C(=O)OC)cc1C)c1cc(F)c(O)cc1O. The van der Waals surface area contributed by atoms with Gasteiger partial charge in [0, 0.05) is 23.6 Å². The van der Waals surface area contributed by atoms with Crippen molar-refractivity contribution >= 4 is 5.97 Å². The summed E-state index contributed by atoms with van der Waals surface area (Å²) in [6.07, 6.45) is 6.81. The summed E-state index contributed by atoms with van der Waals surface area (Å²) < 4.78 is 32.8. The second-order valence-electron chi connectivity index (χ2n) is 6.46. The van der Waals surface area contributed by atoms with E-state index in [4.69, 9.17) is 6.42 Å². The molecule has 2 aromatic carbocycles. The van der Waals surface area contributed by atoms with Crippen LogP contribution in [0.1, 0.15) is 39.4 Å². The molecule has 2 rings (SSSR count). The van der Waals surface area contributed by atoms with Gasteiger partial charge in [0.15, 0.2) is 23.2 Å². The van der Waals surface area contributed by atoms with Crippen molar-refractivity contribution in [3.8, 4) is 23.8 Å². The Morgan fingerprint density at radius 2 is 1.93 bits per heavy atom. The summed E-state index contributed by atoms with van der Waals surface area (Å²) in [4.78, 5) is 11.8. The highest BCUT2D eigenvalue weighted by molar-refractivity contribution is 5.89. The van der Waals surface area contributed by atoms with Crippen molar-refractivity contribution in [1.29, 1.82) is 0 Å². The fourth-order valence-corrected chi connectivity index (χ4v) is 3.05. The number of ether oxygens (including phenoxy) is 1. The Kier molecular flexibility index (Phi) is 7.21. The number of phenolic OH excluding ortho intramolecular Hbond substituents is 2. The number of rotatable bonds is 6. The minimum atomic E-state index is -0.986. The summed E-state index contributed by atoms with van der Waals surface area (Å²) >= 11 is 0. The molecule has 0 saturated carbocycles. The van der Waals surface area contributed by atoms with Crippen LogP contribution < -0.4 is 0 Å². The molecule has 0 radical (unpaired) electrons. The lowest BCUT2D eigenvalue weighted by Crippen LogP contribution is -2.07. The molecule has 7 heteroatoms. The van der Waals surface area contributed by atoms with E-state index in [1.165, 1.54) is 13.2 Å². The van der Waals surface area contributed by atoms with Gasteiger partial charge in [-0.25, -0.2) is 13.6 Å². The number of aliphatic hydroxyl groups is 1. The van der Waals surface area contributed by atoms with Crippen molar-refractivity contribution in [1.82, 2.24) is 0 Å². The number of aromatic hydroxyl groups is 2. The van der Waals surface area contributed by atoms with E-state index >= 15 is 0 Å². The Bertz CT molecular complexity index is 1060. The quantitative estimate of drug-likeness (QED) is 0.274. The fraction of sp³-hybridized carbons (Fsp3) is 0.174. The second-order valence-corrected chi connectivity index (χ2v) is 6.46. The molecule has 0 amide bonds. The molecule has 0 fully saturated rings. The standard InChI is InChI=1S/C23H20F2O5/c1-4-5-20(26)18(24)9-8-16(17-11-19(25)22(28)12-21(17)27)15-7-6-14(10-13(15)2)23(29)30-3/h1,5-7,9-12,16,26-28H,8H2,2-3H3/b18-9+,20-5+. The minimum absolute atomic E-state index is 0.0867. The summed E-state index contributed by atoms with van der Waals surface area (Å²) in [5.41, 5.74) is 1.54. The van der Waals surface area contributed by atoms with Crippen LogP contribution in [-0.4, -0.2) is 28.4 Å². The van der Waals surface area contributed by atoms with E-state index in [1.807, 2.05) is 5.92 Å². The molecule has 0 aliphatic heterocycles. The number of terminal acetylenes is 1. The van der Waals surface area contributed by atoms with Gasteiger partial charge in [0.1, 0.15) is 5.75 Å². The molecule has 0 aliphatic rings. The number of hydrogen-bond acceptors (Lipinski definition) is 5. The molecule has 0 heterocycles. The first-order valence-corrected chi connectivity index (χ1v) is 8.81. The van der Waals surface area contributed by atoms with Gasteiger partial charge in [0.25, 0.3) is 0 Å². The minimum Gasteiger partial charge on any atom is -0.508 e. The van der Waals surface area contributed by atoms with Gasteiger partial charge in [-0.2, -0.15) is 0 Å². The topological polar surface area (TPSA) is 87.0 Å². The maximum absolute atomic E-state index is 14.1. The van der Waals surface area contributed by atoms with Gasteiger partial charge in [-0.05, 0) is 48.7 Å². The van der Waals surface area contributed by atoms with Gasteiger partial charge in [-0.15, -0.1) is 6.42 Å². The molecule has 1 unspecified atom stereocenters. The number of methoxy groups -OCH3 is 1. The molecule has 0 spiro atoms. The van der Waals surface area contributed by atoms with Crippen LogP contribution in [0.25, 0.3) is 0 Å². The van der Waals surface area contributed by atoms with Crippen LogP contribution in [0.3, 0.4) is 0 Å². The molecule has 0 bridgehead atoms. The normalized spacial score (nSPS) is 12.9. The second kappa shape index (κ2) is 9.61. The third-order valence-electron chi connectivity index (χ3n) is 4.54. The third-order valence-corrected chi connectivity index (χ3v) is 4.54. The average molecular weight is 414 g/mol. The van der Waals surface area contributed by atoms with Gasteiger partial charge >= 0.3 is 5.97 Å². The summed E-state index contributed by atoms with van der Waals surface area (Å²) in [7, 11) is 1.25. The van der Waals surface area contributed by atoms with E-state index < -0.39 is 40.8 Å². The van der Waals surface area contributed by atoms with E-state index in [-0.39, 0.29) is 17.5 Å². The highest BCUT2D eigenvalue weighted by atomic mass is 19.1. The van der Waals surface area contributed by atoms with Crippen molar-refractivity contribution in [2.45, 2.75) is 19.3 Å². The van der Waals surface area contributed by atoms with Crippen LogP contribution >= 0.6 is 0 Å². The number of benzene rings is 2. The Morgan fingerprint density at radius 1 is 1.23 bits per heavy atom. The maximum atomic E-state index is 14.1. The van der Waals surface area contributed by atoms with Crippen LogP contribution in [0.5, 0.6) is 11.5 Å². The average Bonchev–Trinajstić information content (AvgIpc) is 2.71. The third kappa shape index (κ3) is 4.97. The Morgan fingerprint density at radius 3 is 2.53 bits per heavy atom. The Hall–Kier alpha value is -3.79. The zero-order valence-corrected chi connectivity index (χ0v) is 16.3. The zero-order valence-electron chi connectivity index (χ0n) is 16.3. The van der Waals surface area contributed by atoms with E-state index in [2.05, 4.69) is 4.74 Å². The maximum Gasteiger partial charge on any atom is 0.337 e. The van der Waals surface area contributed by atoms with Crippen LogP contribution in [0.4, 0.5) is 8.78 Å². The van der Waals surface area contributed by atoms with Gasteiger partial charge in [0.05, 0.1) is 12.7 Å². The van der Waals surface area contributed by atoms with Crippen LogP contribution in [0.2, 0.25) is 0 Å². The van der Waals surface area contributed by atoms with Crippen LogP contribution in [0, 0.1) is 25.1 Å². The number of halogens is 2. The first kappa shape index (κ1) is 22.5. The molecular formula is C23H20F2O5. The number of aliphatic hydroxyl groups excluding tert-OH is 1. The molecule has 156 valence electrons. The predicted molar refractivity (Wildman–Crippen MR) is 107 cm³/mol. The van der Waals surface area contributed by atoms with Crippen LogP contribution in [0.15, 0.2) is 54.1 Å². The first-order chi connectivity index (χ1) is 14.2. The number of aryl methyl sites for hydroxylation is 1. The molecule has 30 heavy (non-hydrogen) atoms. The van der Waals surface area contributed by atoms with Gasteiger partial charge in [-0.3, -0.25) is 0 Å². The van der Waals surface area contributed by atoms with E-state index in [0.29, 0.717) is 11.1 Å². The Labute approximate surface area is 172 Å². The highest BCUT2D eigenvalue weighted by Crippen LogP contribution is 2.39. The first-order valence-electron chi connectivity index (χ1n) is 8.81. The fourth-order valence-electron chi connectivity index (χ4n) is 3.05. The smallest absolute Gasteiger partial charge is 0.337 e. The van der Waals surface area contributed by atoms with Gasteiger partial charge < -0.3 is 20.1 Å². The number of esters is 1. The molecule has 0 aromatic heterocycles. The van der Waals surface area contributed by atoms with Crippen molar-refractivity contribution < 1.29 is 33.6 Å². The summed E-state index contributed by atoms with van der Waals surface area (Å²) in [6.45, 7) is 1.69. The van der Waals surface area contributed by atoms with E-state index in [9.17, 15) is 28.9 Å². The summed E-state index contributed by atoms with van der Waals surface area (Å²) in [5.74, 6) is -3.13. The van der Waals surface area contributed by atoms with Gasteiger partial charge in [-0.1, -0.05) is 12.0 Å². The summed E-state index contributed by atoms with van der Waals surface area (Å²) in [5, 5.41) is 29.3. The number of phenols is 2. The monoisotopic (exact) mass is 414 g/mol. The zero-order chi connectivity index (χ0) is 22.4. The molecular weight excluding hydrogens is 394 g/mol. The molecule has 0 saturated heterocycles. The molecule has 5 nitrogen and oxygen atoms in total. The number of carbonyl (C=O) groups excluding carboxylic acids is 1. The number of allylic oxidation sites excluding steroid dienone is 3. The van der Waals surface area contributed by atoms with Crippen molar-refractivity contribution in [2.24, 2.45) is 0 Å². The highest BCUT2D eigenvalue weighted by Gasteiger charge is 2.22.